The van der Waals surface area contributed by atoms with Crippen LogP contribution in [-0.4, -0.2) is 61.1 Å². The van der Waals surface area contributed by atoms with Crippen LogP contribution in [0.15, 0.2) is 0 Å². The molecule has 5 nitrogen and oxygen atoms in total. The van der Waals surface area contributed by atoms with Gasteiger partial charge in [-0.1, -0.05) is 0 Å². The molecule has 86 valence electrons. The number of amides is 2. The number of carbonyl (C=O) groups is 1. The number of hydrogen-bond acceptors (Lipinski definition) is 3. The monoisotopic (exact) mass is 212 g/mol. The minimum atomic E-state index is 0.0379. The summed E-state index contributed by atoms with van der Waals surface area (Å²) in [6.07, 6.45) is 2.69. The van der Waals surface area contributed by atoms with Crippen molar-refractivity contribution in [2.24, 2.45) is 5.73 Å². The molecule has 1 heterocycles. The van der Waals surface area contributed by atoms with E-state index in [4.69, 9.17) is 5.73 Å². The SMILES string of the molecule is NCCNC(=O)N1CCN(C2CC2)CC1. The van der Waals surface area contributed by atoms with E-state index in [1.807, 2.05) is 4.90 Å². The Bertz CT molecular complexity index is 221. The van der Waals surface area contributed by atoms with Crippen molar-refractivity contribution >= 4 is 6.03 Å². The lowest BCUT2D eigenvalue weighted by atomic mass is 10.3. The molecule has 0 atom stereocenters. The normalized spacial score (nSPS) is 22.9. The first kappa shape index (κ1) is 10.7. The van der Waals surface area contributed by atoms with Gasteiger partial charge >= 0.3 is 6.03 Å². The van der Waals surface area contributed by atoms with Gasteiger partial charge in [-0.05, 0) is 12.8 Å². The lowest BCUT2D eigenvalue weighted by Crippen LogP contribution is -2.52. The highest BCUT2D eigenvalue weighted by Gasteiger charge is 2.32. The Labute approximate surface area is 90.6 Å². The Morgan fingerprint density at radius 3 is 2.47 bits per heavy atom. The van der Waals surface area contributed by atoms with Crippen molar-refractivity contribution < 1.29 is 4.79 Å². The van der Waals surface area contributed by atoms with E-state index in [2.05, 4.69) is 10.2 Å². The van der Waals surface area contributed by atoms with E-state index in [1.165, 1.54) is 12.8 Å². The summed E-state index contributed by atoms with van der Waals surface area (Å²) in [5.41, 5.74) is 5.33. The largest absolute Gasteiger partial charge is 0.337 e. The second-order valence-electron chi connectivity index (χ2n) is 4.27. The Kier molecular flexibility index (Phi) is 3.43. The van der Waals surface area contributed by atoms with Gasteiger partial charge in [0.25, 0.3) is 0 Å². The molecule has 0 bridgehead atoms. The van der Waals surface area contributed by atoms with Gasteiger partial charge < -0.3 is 16.0 Å². The van der Waals surface area contributed by atoms with E-state index in [-0.39, 0.29) is 6.03 Å². The van der Waals surface area contributed by atoms with Crippen molar-refractivity contribution in [3.8, 4) is 0 Å². The van der Waals surface area contributed by atoms with Gasteiger partial charge in [-0.25, -0.2) is 4.79 Å². The summed E-state index contributed by atoms with van der Waals surface area (Å²) in [6.45, 7) is 4.84. The Morgan fingerprint density at radius 1 is 1.27 bits per heavy atom. The summed E-state index contributed by atoms with van der Waals surface area (Å²) in [4.78, 5) is 16.0. The van der Waals surface area contributed by atoms with E-state index in [1.54, 1.807) is 0 Å². The van der Waals surface area contributed by atoms with Crippen molar-refractivity contribution in [1.29, 1.82) is 0 Å². The molecule has 0 aromatic carbocycles. The third-order valence-electron chi connectivity index (χ3n) is 3.09. The number of rotatable bonds is 3. The second kappa shape index (κ2) is 4.81. The van der Waals surface area contributed by atoms with Crippen molar-refractivity contribution in [1.82, 2.24) is 15.1 Å². The van der Waals surface area contributed by atoms with Crippen LogP contribution in [0.5, 0.6) is 0 Å². The molecule has 1 aliphatic heterocycles. The molecule has 2 fully saturated rings. The van der Waals surface area contributed by atoms with Crippen LogP contribution in [0.4, 0.5) is 4.79 Å². The van der Waals surface area contributed by atoms with Gasteiger partial charge in [0, 0.05) is 45.3 Å². The van der Waals surface area contributed by atoms with Crippen LogP contribution >= 0.6 is 0 Å². The first-order chi connectivity index (χ1) is 7.31. The van der Waals surface area contributed by atoms with Crippen molar-refractivity contribution in [2.45, 2.75) is 18.9 Å². The highest BCUT2D eigenvalue weighted by molar-refractivity contribution is 5.74. The molecule has 3 N–H and O–H groups in total. The lowest BCUT2D eigenvalue weighted by Gasteiger charge is -2.34. The number of hydrogen-bond donors (Lipinski definition) is 2. The van der Waals surface area contributed by atoms with Crippen LogP contribution < -0.4 is 11.1 Å². The summed E-state index contributed by atoms with van der Waals surface area (Å²) in [5, 5.41) is 2.81. The fraction of sp³-hybridized carbons (Fsp3) is 0.900. The summed E-state index contributed by atoms with van der Waals surface area (Å²) >= 11 is 0. The molecule has 1 aliphatic carbocycles. The Morgan fingerprint density at radius 2 is 1.93 bits per heavy atom. The van der Waals surface area contributed by atoms with Gasteiger partial charge in [0.15, 0.2) is 0 Å². The van der Waals surface area contributed by atoms with Crippen LogP contribution in [0.3, 0.4) is 0 Å². The molecule has 2 amide bonds. The quantitative estimate of drug-likeness (QED) is 0.659. The summed E-state index contributed by atoms with van der Waals surface area (Å²) < 4.78 is 0. The predicted octanol–water partition coefficient (Wildman–Crippen LogP) is -0.565. The van der Waals surface area contributed by atoms with E-state index in [0.29, 0.717) is 13.1 Å². The molecular formula is C10H20N4O. The van der Waals surface area contributed by atoms with Crippen LogP contribution in [-0.2, 0) is 0 Å². The third-order valence-corrected chi connectivity index (χ3v) is 3.09. The molecule has 1 saturated carbocycles. The van der Waals surface area contributed by atoms with Crippen molar-refractivity contribution in [3.05, 3.63) is 0 Å². The zero-order chi connectivity index (χ0) is 10.7. The second-order valence-corrected chi connectivity index (χ2v) is 4.27. The number of carbonyl (C=O) groups excluding carboxylic acids is 1. The fourth-order valence-electron chi connectivity index (χ4n) is 2.02. The highest BCUT2D eigenvalue weighted by atomic mass is 16.2. The number of nitrogens with zero attached hydrogens (tertiary/aromatic N) is 2. The smallest absolute Gasteiger partial charge is 0.317 e. The molecule has 2 rings (SSSR count). The van der Waals surface area contributed by atoms with Crippen LogP contribution in [0, 0.1) is 0 Å². The van der Waals surface area contributed by atoms with E-state index < -0.39 is 0 Å². The molecule has 0 spiro atoms. The topological polar surface area (TPSA) is 61.6 Å². The molecule has 0 unspecified atom stereocenters. The average molecular weight is 212 g/mol. The lowest BCUT2D eigenvalue weighted by molar-refractivity contribution is 0.135. The number of nitrogens with one attached hydrogen (secondary N) is 1. The summed E-state index contributed by atoms with van der Waals surface area (Å²) in [6, 6.07) is 0.857. The molecule has 1 saturated heterocycles. The first-order valence-electron chi connectivity index (χ1n) is 5.78. The summed E-state index contributed by atoms with van der Waals surface area (Å²) in [7, 11) is 0. The van der Waals surface area contributed by atoms with Crippen LogP contribution in [0.1, 0.15) is 12.8 Å². The predicted molar refractivity (Wildman–Crippen MR) is 58.6 cm³/mol. The standard InChI is InChI=1S/C10H20N4O/c11-3-4-12-10(15)14-7-5-13(6-8-14)9-1-2-9/h9H,1-8,11H2,(H,12,15). The fourth-order valence-corrected chi connectivity index (χ4v) is 2.02. The van der Waals surface area contributed by atoms with E-state index in [0.717, 1.165) is 32.2 Å². The van der Waals surface area contributed by atoms with E-state index in [9.17, 15) is 4.79 Å². The molecule has 0 radical (unpaired) electrons. The minimum Gasteiger partial charge on any atom is -0.337 e. The number of piperazine rings is 1. The third kappa shape index (κ3) is 2.82. The zero-order valence-corrected chi connectivity index (χ0v) is 9.11. The number of urea groups is 1. The average Bonchev–Trinajstić information content (AvgIpc) is 3.10. The molecule has 5 heteroatoms. The van der Waals surface area contributed by atoms with Crippen LogP contribution in [0.25, 0.3) is 0 Å². The molecular weight excluding hydrogens is 192 g/mol. The minimum absolute atomic E-state index is 0.0379. The van der Waals surface area contributed by atoms with Crippen LogP contribution in [0.2, 0.25) is 0 Å². The van der Waals surface area contributed by atoms with Gasteiger partial charge in [-0.2, -0.15) is 0 Å². The Balaban J connectivity index is 1.69. The van der Waals surface area contributed by atoms with E-state index >= 15 is 0 Å². The summed E-state index contributed by atoms with van der Waals surface area (Å²) in [5.74, 6) is 0. The molecule has 2 aliphatic rings. The van der Waals surface area contributed by atoms with Crippen molar-refractivity contribution in [3.63, 3.8) is 0 Å². The molecule has 0 aromatic rings. The van der Waals surface area contributed by atoms with Gasteiger partial charge in [-0.15, -0.1) is 0 Å². The zero-order valence-electron chi connectivity index (χ0n) is 9.11. The molecule has 0 aromatic heterocycles. The maximum atomic E-state index is 11.6. The highest BCUT2D eigenvalue weighted by Crippen LogP contribution is 2.27. The number of nitrogens with two attached hydrogens (primary N) is 1. The maximum absolute atomic E-state index is 11.6. The van der Waals surface area contributed by atoms with Gasteiger partial charge in [0.05, 0.1) is 0 Å². The van der Waals surface area contributed by atoms with Gasteiger partial charge in [0.2, 0.25) is 0 Å². The van der Waals surface area contributed by atoms with Crippen molar-refractivity contribution in [2.75, 3.05) is 39.3 Å². The molecule has 15 heavy (non-hydrogen) atoms. The first-order valence-corrected chi connectivity index (χ1v) is 5.78. The van der Waals surface area contributed by atoms with Gasteiger partial charge in [-0.3, -0.25) is 4.90 Å². The van der Waals surface area contributed by atoms with Gasteiger partial charge in [0.1, 0.15) is 0 Å². The Hall–Kier alpha value is -0.810. The maximum Gasteiger partial charge on any atom is 0.317 e.